The van der Waals surface area contributed by atoms with Crippen LogP contribution in [0.25, 0.3) is 0 Å². The van der Waals surface area contributed by atoms with E-state index >= 15 is 0 Å². The molecule has 1 aliphatic rings. The average molecular weight is 377 g/mol. The van der Waals surface area contributed by atoms with Crippen molar-refractivity contribution in [1.82, 2.24) is 15.5 Å². The van der Waals surface area contributed by atoms with Crippen molar-refractivity contribution in [3.05, 3.63) is 35.9 Å². The largest absolute Gasteiger partial charge is 0.388 e. The minimum absolute atomic E-state index is 0.312. The SMILES string of the molecule is CCNC(=NCCCN1CC(C)OC(C)C1)NCCC(O)c1ccccc1. The number of hydrogen-bond acceptors (Lipinski definition) is 4. The van der Waals surface area contributed by atoms with E-state index in [1.807, 2.05) is 30.3 Å². The molecular weight excluding hydrogens is 340 g/mol. The van der Waals surface area contributed by atoms with Crippen molar-refractivity contribution in [3.63, 3.8) is 0 Å². The van der Waals surface area contributed by atoms with Gasteiger partial charge in [-0.3, -0.25) is 9.89 Å². The molecule has 0 aromatic heterocycles. The Labute approximate surface area is 164 Å². The molecule has 3 unspecified atom stereocenters. The van der Waals surface area contributed by atoms with E-state index in [-0.39, 0.29) is 0 Å². The van der Waals surface area contributed by atoms with Gasteiger partial charge in [0.1, 0.15) is 0 Å². The molecule has 1 aromatic carbocycles. The first-order valence-corrected chi connectivity index (χ1v) is 10.2. The summed E-state index contributed by atoms with van der Waals surface area (Å²) in [4.78, 5) is 7.12. The van der Waals surface area contributed by atoms with Gasteiger partial charge in [0.25, 0.3) is 0 Å². The highest BCUT2D eigenvalue weighted by molar-refractivity contribution is 5.79. The molecular formula is C21H36N4O2. The van der Waals surface area contributed by atoms with E-state index < -0.39 is 6.10 Å². The molecule has 0 radical (unpaired) electrons. The van der Waals surface area contributed by atoms with E-state index in [0.717, 1.165) is 50.7 Å². The van der Waals surface area contributed by atoms with Crippen LogP contribution in [0.4, 0.5) is 0 Å². The second-order valence-corrected chi connectivity index (χ2v) is 7.27. The Kier molecular flexibility index (Phi) is 9.59. The highest BCUT2D eigenvalue weighted by Gasteiger charge is 2.21. The molecule has 27 heavy (non-hydrogen) atoms. The van der Waals surface area contributed by atoms with E-state index in [1.165, 1.54) is 0 Å². The number of rotatable bonds is 9. The predicted molar refractivity (Wildman–Crippen MR) is 111 cm³/mol. The van der Waals surface area contributed by atoms with Gasteiger partial charge in [-0.15, -0.1) is 0 Å². The standard InChI is InChI=1S/C21H36N4O2/c1-4-22-21(24-13-11-20(26)19-9-6-5-7-10-19)23-12-8-14-25-15-17(2)27-18(3)16-25/h5-7,9-10,17-18,20,26H,4,8,11-16H2,1-3H3,(H2,22,23,24). The minimum Gasteiger partial charge on any atom is -0.388 e. The summed E-state index contributed by atoms with van der Waals surface area (Å²) in [6.07, 6.45) is 1.85. The molecule has 1 aromatic rings. The Morgan fingerprint density at radius 1 is 1.22 bits per heavy atom. The topological polar surface area (TPSA) is 69.1 Å². The molecule has 3 atom stereocenters. The third kappa shape index (κ3) is 8.28. The number of aliphatic imine (C=N–C) groups is 1. The van der Waals surface area contributed by atoms with Crippen LogP contribution in [0.15, 0.2) is 35.3 Å². The zero-order valence-corrected chi connectivity index (χ0v) is 17.0. The van der Waals surface area contributed by atoms with Crippen molar-refractivity contribution in [3.8, 4) is 0 Å². The first-order valence-electron chi connectivity index (χ1n) is 10.2. The van der Waals surface area contributed by atoms with Gasteiger partial charge in [0, 0.05) is 39.3 Å². The molecule has 0 saturated carbocycles. The van der Waals surface area contributed by atoms with Crippen molar-refractivity contribution < 1.29 is 9.84 Å². The monoisotopic (exact) mass is 376 g/mol. The Morgan fingerprint density at radius 3 is 2.59 bits per heavy atom. The van der Waals surface area contributed by atoms with Crippen LogP contribution in [-0.4, -0.2) is 67.4 Å². The van der Waals surface area contributed by atoms with Crippen LogP contribution in [0.3, 0.4) is 0 Å². The number of guanidine groups is 1. The third-order valence-electron chi connectivity index (χ3n) is 4.64. The summed E-state index contributed by atoms with van der Waals surface area (Å²) >= 11 is 0. The van der Waals surface area contributed by atoms with Crippen LogP contribution in [0.5, 0.6) is 0 Å². The summed E-state index contributed by atoms with van der Waals surface area (Å²) in [5.41, 5.74) is 0.954. The highest BCUT2D eigenvalue weighted by atomic mass is 16.5. The van der Waals surface area contributed by atoms with Crippen molar-refractivity contribution in [2.24, 2.45) is 4.99 Å². The summed E-state index contributed by atoms with van der Waals surface area (Å²) < 4.78 is 5.78. The molecule has 0 aliphatic carbocycles. The van der Waals surface area contributed by atoms with E-state index in [1.54, 1.807) is 0 Å². The number of aliphatic hydroxyl groups is 1. The normalized spacial score (nSPS) is 22.4. The van der Waals surface area contributed by atoms with Crippen molar-refractivity contribution >= 4 is 5.96 Å². The van der Waals surface area contributed by atoms with Crippen LogP contribution >= 0.6 is 0 Å². The van der Waals surface area contributed by atoms with Gasteiger partial charge in [0.05, 0.1) is 18.3 Å². The summed E-state index contributed by atoms with van der Waals surface area (Å²) in [5.74, 6) is 0.821. The minimum atomic E-state index is -0.452. The van der Waals surface area contributed by atoms with E-state index in [0.29, 0.717) is 25.2 Å². The van der Waals surface area contributed by atoms with Crippen LogP contribution in [0.2, 0.25) is 0 Å². The Balaban J connectivity index is 1.69. The van der Waals surface area contributed by atoms with Crippen LogP contribution in [0, 0.1) is 0 Å². The molecule has 0 spiro atoms. The van der Waals surface area contributed by atoms with Crippen LogP contribution in [0.1, 0.15) is 45.3 Å². The van der Waals surface area contributed by atoms with Gasteiger partial charge in [-0.1, -0.05) is 30.3 Å². The Morgan fingerprint density at radius 2 is 1.93 bits per heavy atom. The van der Waals surface area contributed by atoms with Gasteiger partial charge in [-0.2, -0.15) is 0 Å². The Hall–Kier alpha value is -1.63. The lowest BCUT2D eigenvalue weighted by Crippen LogP contribution is -2.45. The van der Waals surface area contributed by atoms with Gasteiger partial charge in [0.2, 0.25) is 0 Å². The van der Waals surface area contributed by atoms with Crippen LogP contribution < -0.4 is 10.6 Å². The first-order chi connectivity index (χ1) is 13.1. The second-order valence-electron chi connectivity index (χ2n) is 7.27. The zero-order valence-electron chi connectivity index (χ0n) is 17.0. The summed E-state index contributed by atoms with van der Waals surface area (Å²) in [6, 6.07) is 9.78. The summed E-state index contributed by atoms with van der Waals surface area (Å²) in [6.45, 7) is 11.7. The lowest BCUT2D eigenvalue weighted by Gasteiger charge is -2.35. The third-order valence-corrected chi connectivity index (χ3v) is 4.64. The molecule has 6 nitrogen and oxygen atoms in total. The van der Waals surface area contributed by atoms with E-state index in [2.05, 4.69) is 41.3 Å². The second kappa shape index (κ2) is 12.0. The molecule has 1 heterocycles. The fourth-order valence-corrected chi connectivity index (χ4v) is 3.46. The summed E-state index contributed by atoms with van der Waals surface area (Å²) in [5, 5.41) is 16.8. The van der Waals surface area contributed by atoms with Gasteiger partial charge in [-0.05, 0) is 39.2 Å². The maximum Gasteiger partial charge on any atom is 0.191 e. The number of aliphatic hydroxyl groups excluding tert-OH is 1. The maximum atomic E-state index is 10.2. The van der Waals surface area contributed by atoms with E-state index in [9.17, 15) is 5.11 Å². The van der Waals surface area contributed by atoms with Crippen molar-refractivity contribution in [2.75, 3.05) is 39.3 Å². The lowest BCUT2D eigenvalue weighted by molar-refractivity contribution is -0.0679. The molecule has 0 amide bonds. The van der Waals surface area contributed by atoms with Crippen LogP contribution in [-0.2, 0) is 4.74 Å². The quantitative estimate of drug-likeness (QED) is 0.350. The molecule has 1 fully saturated rings. The number of benzene rings is 1. The van der Waals surface area contributed by atoms with Gasteiger partial charge < -0.3 is 20.5 Å². The Bertz CT molecular complexity index is 542. The van der Waals surface area contributed by atoms with Gasteiger partial charge in [-0.25, -0.2) is 0 Å². The molecule has 152 valence electrons. The van der Waals surface area contributed by atoms with Gasteiger partial charge >= 0.3 is 0 Å². The lowest BCUT2D eigenvalue weighted by atomic mass is 10.1. The molecule has 6 heteroatoms. The fourth-order valence-electron chi connectivity index (χ4n) is 3.46. The number of hydrogen-bond donors (Lipinski definition) is 3. The first kappa shape index (κ1) is 21.7. The molecule has 2 rings (SSSR count). The maximum absolute atomic E-state index is 10.2. The molecule has 1 aliphatic heterocycles. The zero-order chi connectivity index (χ0) is 19.5. The highest BCUT2D eigenvalue weighted by Crippen LogP contribution is 2.14. The average Bonchev–Trinajstić information content (AvgIpc) is 2.65. The predicted octanol–water partition coefficient (Wildman–Crippen LogP) is 2.16. The van der Waals surface area contributed by atoms with Crippen molar-refractivity contribution in [2.45, 2.75) is 51.9 Å². The molecule has 1 saturated heterocycles. The molecule has 3 N–H and O–H groups in total. The number of nitrogens with one attached hydrogen (secondary N) is 2. The summed E-state index contributed by atoms with van der Waals surface area (Å²) in [7, 11) is 0. The van der Waals surface area contributed by atoms with Crippen molar-refractivity contribution in [1.29, 1.82) is 0 Å². The van der Waals surface area contributed by atoms with E-state index in [4.69, 9.17) is 4.74 Å². The number of nitrogens with zero attached hydrogens (tertiary/aromatic N) is 2. The molecule has 0 bridgehead atoms. The number of morpholine rings is 1. The fraction of sp³-hybridized carbons (Fsp3) is 0.667. The smallest absolute Gasteiger partial charge is 0.191 e. The number of ether oxygens (including phenoxy) is 1. The van der Waals surface area contributed by atoms with Gasteiger partial charge in [0.15, 0.2) is 5.96 Å².